The predicted molar refractivity (Wildman–Crippen MR) is 87.2 cm³/mol. The fourth-order valence-electron chi connectivity index (χ4n) is 2.23. The molecular formula is C15H21N5S. The minimum absolute atomic E-state index is 0.558. The lowest BCUT2D eigenvalue weighted by atomic mass is 10.2. The summed E-state index contributed by atoms with van der Waals surface area (Å²) in [6, 6.07) is 0. The molecule has 1 aliphatic carbocycles. The van der Waals surface area contributed by atoms with Crippen LogP contribution in [0.25, 0.3) is 0 Å². The lowest BCUT2D eigenvalue weighted by Gasteiger charge is -2.14. The Morgan fingerprint density at radius 3 is 2.62 bits per heavy atom. The number of nitrogens with one attached hydrogen (secondary N) is 2. The molecule has 0 radical (unpaired) electrons. The van der Waals surface area contributed by atoms with E-state index in [-0.39, 0.29) is 0 Å². The van der Waals surface area contributed by atoms with Gasteiger partial charge in [-0.05, 0) is 26.7 Å². The average Bonchev–Trinajstić information content (AvgIpc) is 3.20. The summed E-state index contributed by atoms with van der Waals surface area (Å²) in [6.45, 7) is 5.88. The lowest BCUT2D eigenvalue weighted by Crippen LogP contribution is -2.12. The van der Waals surface area contributed by atoms with Gasteiger partial charge in [-0.2, -0.15) is 0 Å². The average molecular weight is 303 g/mol. The third kappa shape index (κ3) is 3.50. The maximum atomic E-state index is 4.72. The van der Waals surface area contributed by atoms with Gasteiger partial charge in [0.25, 0.3) is 0 Å². The first-order valence-corrected chi connectivity index (χ1v) is 8.40. The molecule has 0 aliphatic heterocycles. The Morgan fingerprint density at radius 1 is 1.24 bits per heavy atom. The van der Waals surface area contributed by atoms with Crippen LogP contribution in [-0.4, -0.2) is 28.0 Å². The molecule has 0 amide bonds. The molecule has 112 valence electrons. The highest BCUT2D eigenvalue weighted by atomic mass is 32.1. The van der Waals surface area contributed by atoms with Gasteiger partial charge < -0.3 is 10.6 Å². The molecule has 1 aliphatic rings. The van der Waals surface area contributed by atoms with Crippen LogP contribution >= 0.6 is 11.3 Å². The zero-order valence-corrected chi connectivity index (χ0v) is 13.3. The number of hydrogen-bond donors (Lipinski definition) is 2. The van der Waals surface area contributed by atoms with Crippen LogP contribution in [0.4, 0.5) is 11.6 Å². The van der Waals surface area contributed by atoms with Crippen molar-refractivity contribution < 1.29 is 0 Å². The van der Waals surface area contributed by atoms with Gasteiger partial charge in [0.2, 0.25) is 0 Å². The summed E-state index contributed by atoms with van der Waals surface area (Å²) in [6.07, 6.45) is 5.21. The molecule has 2 N–H and O–H groups in total. The van der Waals surface area contributed by atoms with E-state index in [1.165, 1.54) is 12.8 Å². The topological polar surface area (TPSA) is 62.7 Å². The molecule has 0 unspecified atom stereocenters. The van der Waals surface area contributed by atoms with E-state index in [9.17, 15) is 0 Å². The van der Waals surface area contributed by atoms with Crippen molar-refractivity contribution in [1.29, 1.82) is 0 Å². The molecular weight excluding hydrogens is 282 g/mol. The first kappa shape index (κ1) is 14.3. The summed E-state index contributed by atoms with van der Waals surface area (Å²) in [5.41, 5.74) is 1.10. The third-order valence-electron chi connectivity index (χ3n) is 3.56. The maximum absolute atomic E-state index is 4.72. The second kappa shape index (κ2) is 6.39. The predicted octanol–water partition coefficient (Wildman–Crippen LogP) is 3.21. The molecule has 6 heteroatoms. The van der Waals surface area contributed by atoms with Crippen LogP contribution < -0.4 is 10.6 Å². The standard InChI is InChI=1S/C15H21N5S/c1-3-16-13-10(2)14(20-15(19-13)11-4-5-11)18-7-6-12-17-8-9-21-12/h8-9,11H,3-7H2,1-2H3,(H2,16,18,19,20). The van der Waals surface area contributed by atoms with Crippen LogP contribution in [0, 0.1) is 6.92 Å². The molecule has 2 aromatic heterocycles. The Balaban J connectivity index is 1.72. The van der Waals surface area contributed by atoms with E-state index in [0.29, 0.717) is 5.92 Å². The van der Waals surface area contributed by atoms with Crippen LogP contribution in [0.1, 0.15) is 42.1 Å². The highest BCUT2D eigenvalue weighted by Crippen LogP contribution is 2.39. The normalized spacial score (nSPS) is 14.2. The Labute approximate surface area is 129 Å². The summed E-state index contributed by atoms with van der Waals surface area (Å²) < 4.78 is 0. The highest BCUT2D eigenvalue weighted by molar-refractivity contribution is 7.09. The fraction of sp³-hybridized carbons (Fsp3) is 0.533. The van der Waals surface area contributed by atoms with Gasteiger partial charge in [-0.1, -0.05) is 0 Å². The zero-order valence-electron chi connectivity index (χ0n) is 12.5. The fourth-order valence-corrected chi connectivity index (χ4v) is 2.85. The molecule has 0 aromatic carbocycles. The van der Waals surface area contributed by atoms with Crippen molar-refractivity contribution in [1.82, 2.24) is 15.0 Å². The van der Waals surface area contributed by atoms with Crippen molar-refractivity contribution in [3.8, 4) is 0 Å². The van der Waals surface area contributed by atoms with E-state index in [2.05, 4.69) is 34.4 Å². The van der Waals surface area contributed by atoms with Crippen LogP contribution in [0.5, 0.6) is 0 Å². The molecule has 0 bridgehead atoms. The first-order valence-electron chi connectivity index (χ1n) is 7.52. The maximum Gasteiger partial charge on any atom is 0.136 e. The summed E-state index contributed by atoms with van der Waals surface area (Å²) in [5, 5.41) is 9.96. The second-order valence-electron chi connectivity index (χ2n) is 5.31. The molecule has 5 nitrogen and oxygen atoms in total. The Morgan fingerprint density at radius 2 is 2.00 bits per heavy atom. The van der Waals surface area contributed by atoms with E-state index >= 15 is 0 Å². The third-order valence-corrected chi connectivity index (χ3v) is 4.40. The summed E-state index contributed by atoms with van der Waals surface area (Å²) in [7, 11) is 0. The Hall–Kier alpha value is -1.69. The van der Waals surface area contributed by atoms with Crippen molar-refractivity contribution in [3.63, 3.8) is 0 Å². The quantitative estimate of drug-likeness (QED) is 0.822. The van der Waals surface area contributed by atoms with Crippen molar-refractivity contribution in [3.05, 3.63) is 28.0 Å². The molecule has 0 atom stereocenters. The molecule has 1 saturated carbocycles. The second-order valence-corrected chi connectivity index (χ2v) is 6.29. The van der Waals surface area contributed by atoms with Gasteiger partial charge in [0.15, 0.2) is 0 Å². The van der Waals surface area contributed by atoms with E-state index in [0.717, 1.165) is 47.5 Å². The van der Waals surface area contributed by atoms with Gasteiger partial charge in [-0.25, -0.2) is 15.0 Å². The van der Waals surface area contributed by atoms with Crippen molar-refractivity contribution in [2.45, 2.75) is 39.0 Å². The molecule has 0 saturated heterocycles. The van der Waals surface area contributed by atoms with Crippen LogP contribution in [0.3, 0.4) is 0 Å². The van der Waals surface area contributed by atoms with Gasteiger partial charge in [0.1, 0.15) is 17.5 Å². The SMILES string of the molecule is CCNc1nc(C2CC2)nc(NCCc2nccs2)c1C. The summed E-state index contributed by atoms with van der Waals surface area (Å²) in [5.74, 6) is 3.46. The van der Waals surface area contributed by atoms with Gasteiger partial charge in [-0.3, -0.25) is 0 Å². The van der Waals surface area contributed by atoms with E-state index in [1.54, 1.807) is 11.3 Å². The van der Waals surface area contributed by atoms with Crippen molar-refractivity contribution in [2.24, 2.45) is 0 Å². The lowest BCUT2D eigenvalue weighted by molar-refractivity contribution is 0.902. The number of aromatic nitrogens is 3. The molecule has 2 aromatic rings. The summed E-state index contributed by atoms with van der Waals surface area (Å²) >= 11 is 1.70. The summed E-state index contributed by atoms with van der Waals surface area (Å²) in [4.78, 5) is 13.7. The zero-order chi connectivity index (χ0) is 14.7. The van der Waals surface area contributed by atoms with Crippen molar-refractivity contribution >= 4 is 23.0 Å². The minimum atomic E-state index is 0.558. The van der Waals surface area contributed by atoms with Gasteiger partial charge in [0.05, 0.1) is 5.01 Å². The van der Waals surface area contributed by atoms with Crippen molar-refractivity contribution in [2.75, 3.05) is 23.7 Å². The van der Waals surface area contributed by atoms with E-state index in [4.69, 9.17) is 4.98 Å². The van der Waals surface area contributed by atoms with Gasteiger partial charge in [-0.15, -0.1) is 11.3 Å². The highest BCUT2D eigenvalue weighted by Gasteiger charge is 2.28. The number of nitrogens with zero attached hydrogens (tertiary/aromatic N) is 3. The van der Waals surface area contributed by atoms with Gasteiger partial charge >= 0.3 is 0 Å². The van der Waals surface area contributed by atoms with Crippen LogP contribution in [-0.2, 0) is 6.42 Å². The smallest absolute Gasteiger partial charge is 0.136 e. The van der Waals surface area contributed by atoms with Gasteiger partial charge in [0, 0.05) is 42.6 Å². The Kier molecular flexibility index (Phi) is 4.34. The largest absolute Gasteiger partial charge is 0.370 e. The number of rotatable bonds is 7. The number of thiazole rings is 1. The molecule has 21 heavy (non-hydrogen) atoms. The van der Waals surface area contributed by atoms with E-state index < -0.39 is 0 Å². The minimum Gasteiger partial charge on any atom is -0.370 e. The van der Waals surface area contributed by atoms with Crippen LogP contribution in [0.15, 0.2) is 11.6 Å². The molecule has 3 rings (SSSR count). The molecule has 2 heterocycles. The monoisotopic (exact) mass is 303 g/mol. The molecule has 1 fully saturated rings. The van der Waals surface area contributed by atoms with Crippen LogP contribution in [0.2, 0.25) is 0 Å². The Bertz CT molecular complexity index is 592. The van der Waals surface area contributed by atoms with E-state index in [1.807, 2.05) is 11.6 Å². The number of hydrogen-bond acceptors (Lipinski definition) is 6. The first-order chi connectivity index (χ1) is 10.3. The number of anilines is 2. The molecule has 0 spiro atoms.